The van der Waals surface area contributed by atoms with Crippen LogP contribution in [-0.2, 0) is 6.54 Å². The van der Waals surface area contributed by atoms with Gasteiger partial charge in [-0.05, 0) is 56.6 Å². The van der Waals surface area contributed by atoms with Crippen molar-refractivity contribution >= 4 is 0 Å². The van der Waals surface area contributed by atoms with Gasteiger partial charge in [0.2, 0.25) is 0 Å². The molecule has 0 amide bonds. The van der Waals surface area contributed by atoms with E-state index >= 15 is 0 Å². The normalized spacial score (nSPS) is 20.6. The number of halogens is 1. The summed E-state index contributed by atoms with van der Waals surface area (Å²) in [6.45, 7) is 5.14. The van der Waals surface area contributed by atoms with Crippen LogP contribution in [0, 0.1) is 11.7 Å². The van der Waals surface area contributed by atoms with Gasteiger partial charge in [-0.15, -0.1) is 0 Å². The monoisotopic (exact) mass is 370 g/mol. The Labute approximate surface area is 160 Å². The molecular weight excluding hydrogens is 343 g/mol. The van der Waals surface area contributed by atoms with E-state index in [1.807, 2.05) is 36.4 Å². The fourth-order valence-electron chi connectivity index (χ4n) is 3.83. The molecule has 1 fully saturated rings. The molecule has 0 spiro atoms. The maximum atomic E-state index is 13.8. The minimum absolute atomic E-state index is 0.0565. The van der Waals surface area contributed by atoms with Crippen molar-refractivity contribution in [2.24, 2.45) is 5.92 Å². The van der Waals surface area contributed by atoms with E-state index < -0.39 is 0 Å². The SMILES string of the molecule is Fc1ccccc1CN1CCC(CNCC2COc3ccccc3O2)CC1. The second-order valence-corrected chi connectivity index (χ2v) is 7.47. The van der Waals surface area contributed by atoms with Crippen molar-refractivity contribution in [3.63, 3.8) is 0 Å². The highest BCUT2D eigenvalue weighted by atomic mass is 19.1. The zero-order chi connectivity index (χ0) is 18.5. The van der Waals surface area contributed by atoms with E-state index in [-0.39, 0.29) is 11.9 Å². The summed E-state index contributed by atoms with van der Waals surface area (Å²) in [6.07, 6.45) is 2.35. The molecule has 2 aliphatic rings. The minimum atomic E-state index is -0.0995. The van der Waals surface area contributed by atoms with E-state index in [0.717, 1.165) is 56.1 Å². The van der Waals surface area contributed by atoms with Crippen LogP contribution in [0.25, 0.3) is 0 Å². The summed E-state index contributed by atoms with van der Waals surface area (Å²) in [5, 5.41) is 3.55. The number of benzene rings is 2. The van der Waals surface area contributed by atoms with E-state index in [1.54, 1.807) is 12.1 Å². The largest absolute Gasteiger partial charge is 0.486 e. The van der Waals surface area contributed by atoms with E-state index in [9.17, 15) is 4.39 Å². The number of hydrogen-bond donors (Lipinski definition) is 1. The summed E-state index contributed by atoms with van der Waals surface area (Å²) in [6, 6.07) is 14.9. The van der Waals surface area contributed by atoms with Gasteiger partial charge >= 0.3 is 0 Å². The van der Waals surface area contributed by atoms with Gasteiger partial charge in [-0.1, -0.05) is 30.3 Å². The molecule has 2 aromatic carbocycles. The van der Waals surface area contributed by atoms with Crippen molar-refractivity contribution in [1.82, 2.24) is 10.2 Å². The summed E-state index contributed by atoms with van der Waals surface area (Å²) < 4.78 is 25.5. The molecule has 1 N–H and O–H groups in total. The van der Waals surface area contributed by atoms with Crippen LogP contribution in [0.2, 0.25) is 0 Å². The Balaban J connectivity index is 1.16. The third kappa shape index (κ3) is 4.79. The highest BCUT2D eigenvalue weighted by Gasteiger charge is 2.22. The average molecular weight is 370 g/mol. The molecule has 2 aliphatic heterocycles. The molecule has 0 bridgehead atoms. The number of nitrogens with zero attached hydrogens (tertiary/aromatic N) is 1. The van der Waals surface area contributed by atoms with Crippen molar-refractivity contribution in [1.29, 1.82) is 0 Å². The molecule has 27 heavy (non-hydrogen) atoms. The Hall–Kier alpha value is -2.11. The summed E-state index contributed by atoms with van der Waals surface area (Å²) in [7, 11) is 0. The first kappa shape index (κ1) is 18.3. The van der Waals surface area contributed by atoms with Gasteiger partial charge in [-0.25, -0.2) is 4.39 Å². The topological polar surface area (TPSA) is 33.7 Å². The van der Waals surface area contributed by atoms with Crippen molar-refractivity contribution in [3.05, 3.63) is 59.9 Å². The van der Waals surface area contributed by atoms with E-state index in [0.29, 0.717) is 19.1 Å². The smallest absolute Gasteiger partial charge is 0.161 e. The van der Waals surface area contributed by atoms with Crippen molar-refractivity contribution < 1.29 is 13.9 Å². The number of para-hydroxylation sites is 2. The van der Waals surface area contributed by atoms with E-state index in [4.69, 9.17) is 9.47 Å². The Morgan fingerprint density at radius 1 is 0.963 bits per heavy atom. The van der Waals surface area contributed by atoms with Crippen LogP contribution in [0.3, 0.4) is 0 Å². The van der Waals surface area contributed by atoms with Gasteiger partial charge in [0.25, 0.3) is 0 Å². The van der Waals surface area contributed by atoms with Gasteiger partial charge in [0.05, 0.1) is 0 Å². The molecule has 1 saturated heterocycles. The molecule has 1 atom stereocenters. The fraction of sp³-hybridized carbons (Fsp3) is 0.455. The zero-order valence-corrected chi connectivity index (χ0v) is 15.6. The van der Waals surface area contributed by atoms with Crippen LogP contribution in [0.15, 0.2) is 48.5 Å². The van der Waals surface area contributed by atoms with Crippen LogP contribution in [-0.4, -0.2) is 43.8 Å². The molecule has 144 valence electrons. The first-order valence-electron chi connectivity index (χ1n) is 9.83. The zero-order valence-electron chi connectivity index (χ0n) is 15.6. The molecule has 0 radical (unpaired) electrons. The number of piperidine rings is 1. The number of nitrogens with one attached hydrogen (secondary N) is 1. The summed E-state index contributed by atoms with van der Waals surface area (Å²) in [5.74, 6) is 2.23. The molecule has 1 unspecified atom stereocenters. The van der Waals surface area contributed by atoms with Gasteiger partial charge in [0, 0.05) is 18.7 Å². The second-order valence-electron chi connectivity index (χ2n) is 7.47. The molecule has 0 aromatic heterocycles. The standard InChI is InChI=1S/C22H27FN2O2/c23-20-6-2-1-5-18(20)15-25-11-9-17(10-12-25)13-24-14-19-16-26-21-7-3-4-8-22(21)27-19/h1-8,17,19,24H,9-16H2. The van der Waals surface area contributed by atoms with Gasteiger partial charge in [0.15, 0.2) is 11.5 Å². The minimum Gasteiger partial charge on any atom is -0.486 e. The molecule has 0 saturated carbocycles. The first-order valence-corrected chi connectivity index (χ1v) is 9.83. The van der Waals surface area contributed by atoms with Crippen LogP contribution in [0.1, 0.15) is 18.4 Å². The number of rotatable bonds is 6. The van der Waals surface area contributed by atoms with Gasteiger partial charge < -0.3 is 14.8 Å². The number of ether oxygens (including phenoxy) is 2. The van der Waals surface area contributed by atoms with E-state index in [2.05, 4.69) is 10.2 Å². The van der Waals surface area contributed by atoms with Crippen molar-refractivity contribution in [2.45, 2.75) is 25.5 Å². The molecular formula is C22H27FN2O2. The summed E-state index contributed by atoms with van der Waals surface area (Å²) in [5.41, 5.74) is 0.795. The van der Waals surface area contributed by atoms with E-state index in [1.165, 1.54) is 0 Å². The number of fused-ring (bicyclic) bond motifs is 1. The Morgan fingerprint density at radius 2 is 1.70 bits per heavy atom. The van der Waals surface area contributed by atoms with Crippen molar-refractivity contribution in [2.75, 3.05) is 32.8 Å². The number of likely N-dealkylation sites (tertiary alicyclic amines) is 1. The quantitative estimate of drug-likeness (QED) is 0.844. The highest BCUT2D eigenvalue weighted by molar-refractivity contribution is 5.40. The number of hydrogen-bond acceptors (Lipinski definition) is 4. The predicted octanol–water partition coefficient (Wildman–Crippen LogP) is 3.47. The van der Waals surface area contributed by atoms with Gasteiger partial charge in [-0.2, -0.15) is 0 Å². The van der Waals surface area contributed by atoms with Gasteiger partial charge in [0.1, 0.15) is 18.5 Å². The Morgan fingerprint density at radius 3 is 2.52 bits per heavy atom. The van der Waals surface area contributed by atoms with Crippen LogP contribution in [0.4, 0.5) is 4.39 Å². The Bertz CT molecular complexity index is 747. The maximum Gasteiger partial charge on any atom is 0.161 e. The summed E-state index contributed by atoms with van der Waals surface area (Å²) in [4.78, 5) is 2.35. The lowest BCUT2D eigenvalue weighted by atomic mass is 9.96. The molecule has 2 aromatic rings. The molecule has 4 rings (SSSR count). The lowest BCUT2D eigenvalue weighted by molar-refractivity contribution is 0.0881. The fourth-order valence-corrected chi connectivity index (χ4v) is 3.83. The molecule has 2 heterocycles. The van der Waals surface area contributed by atoms with Crippen molar-refractivity contribution in [3.8, 4) is 11.5 Å². The first-order chi connectivity index (χ1) is 13.3. The third-order valence-electron chi connectivity index (χ3n) is 5.43. The molecule has 4 nitrogen and oxygen atoms in total. The van der Waals surface area contributed by atoms with Crippen LogP contribution < -0.4 is 14.8 Å². The molecule has 5 heteroatoms. The lowest BCUT2D eigenvalue weighted by Gasteiger charge is -2.32. The van der Waals surface area contributed by atoms with Gasteiger partial charge in [-0.3, -0.25) is 4.90 Å². The lowest BCUT2D eigenvalue weighted by Crippen LogP contribution is -2.42. The maximum absolute atomic E-state index is 13.8. The Kier molecular flexibility index (Phi) is 5.90. The van der Waals surface area contributed by atoms with Crippen LogP contribution in [0.5, 0.6) is 11.5 Å². The summed E-state index contributed by atoms with van der Waals surface area (Å²) >= 11 is 0. The average Bonchev–Trinajstić information content (AvgIpc) is 2.71. The second kappa shape index (κ2) is 8.72. The third-order valence-corrected chi connectivity index (χ3v) is 5.43. The predicted molar refractivity (Wildman–Crippen MR) is 104 cm³/mol. The van der Waals surface area contributed by atoms with Crippen LogP contribution >= 0.6 is 0 Å². The molecule has 0 aliphatic carbocycles. The highest BCUT2D eigenvalue weighted by Crippen LogP contribution is 2.30.